The third kappa shape index (κ3) is 3.65. The van der Waals surface area contributed by atoms with Crippen LogP contribution in [0.4, 0.5) is 0 Å². The Labute approximate surface area is 168 Å². The summed E-state index contributed by atoms with van der Waals surface area (Å²) in [6, 6.07) is 8.67. The summed E-state index contributed by atoms with van der Waals surface area (Å²) >= 11 is 0. The highest BCUT2D eigenvalue weighted by molar-refractivity contribution is 5.68. The number of pyridine rings is 1. The number of aromatic nitrogens is 6. The number of aryl methyl sites for hydroxylation is 1. The summed E-state index contributed by atoms with van der Waals surface area (Å²) in [5, 5.41) is 20.3. The van der Waals surface area contributed by atoms with Crippen molar-refractivity contribution in [2.24, 2.45) is 7.05 Å². The molecule has 2 aliphatic heterocycles. The smallest absolute Gasteiger partial charge is 0.233 e. The van der Waals surface area contributed by atoms with Gasteiger partial charge in [0.15, 0.2) is 0 Å². The summed E-state index contributed by atoms with van der Waals surface area (Å²) in [4.78, 5) is 4.57. The molecule has 0 amide bonds. The van der Waals surface area contributed by atoms with E-state index in [9.17, 15) is 0 Å². The molecule has 0 spiro atoms. The van der Waals surface area contributed by atoms with E-state index in [4.69, 9.17) is 9.47 Å². The first kappa shape index (κ1) is 18.0. The quantitative estimate of drug-likeness (QED) is 0.703. The van der Waals surface area contributed by atoms with Crippen LogP contribution in [0.15, 0.2) is 30.5 Å². The number of ether oxygens (including phenoxy) is 2. The SMILES string of the molecule is COc1nc(-c2ccc(OC3CC4CCC(C3)N4)nn2)ccc1-c1cn(C)nn1. The standard InChI is InChI=1S/C20H23N7O2/c1-27-11-18(24-26-27)15-5-6-16(22-20(15)28-2)17-7-8-19(25-23-17)29-14-9-12-3-4-13(10-14)21-12/h5-8,11-14,21H,3-4,9-10H2,1-2H3. The molecule has 0 aliphatic carbocycles. The van der Waals surface area contributed by atoms with E-state index < -0.39 is 0 Å². The summed E-state index contributed by atoms with van der Waals surface area (Å²) in [5.74, 6) is 1.03. The van der Waals surface area contributed by atoms with Crippen molar-refractivity contribution < 1.29 is 9.47 Å². The average molecular weight is 393 g/mol. The van der Waals surface area contributed by atoms with E-state index in [1.165, 1.54) is 12.8 Å². The second-order valence-corrected chi connectivity index (χ2v) is 7.64. The van der Waals surface area contributed by atoms with Gasteiger partial charge in [-0.05, 0) is 43.9 Å². The van der Waals surface area contributed by atoms with E-state index in [0.29, 0.717) is 40.9 Å². The van der Waals surface area contributed by atoms with Crippen LogP contribution >= 0.6 is 0 Å². The number of hydrogen-bond donors (Lipinski definition) is 1. The maximum atomic E-state index is 6.07. The van der Waals surface area contributed by atoms with Gasteiger partial charge in [-0.3, -0.25) is 4.68 Å². The Hall–Kier alpha value is -3.07. The third-order valence-electron chi connectivity index (χ3n) is 5.55. The molecule has 2 bridgehead atoms. The van der Waals surface area contributed by atoms with Crippen molar-refractivity contribution in [2.75, 3.05) is 7.11 Å². The van der Waals surface area contributed by atoms with Gasteiger partial charge in [-0.2, -0.15) is 0 Å². The fraction of sp³-hybridized carbons (Fsp3) is 0.450. The fourth-order valence-electron chi connectivity index (χ4n) is 4.20. The van der Waals surface area contributed by atoms with E-state index in [-0.39, 0.29) is 6.10 Å². The van der Waals surface area contributed by atoms with Gasteiger partial charge < -0.3 is 14.8 Å². The van der Waals surface area contributed by atoms with Crippen LogP contribution in [-0.2, 0) is 7.05 Å². The topological polar surface area (TPSA) is 99.9 Å². The molecule has 9 nitrogen and oxygen atoms in total. The van der Waals surface area contributed by atoms with Crippen LogP contribution in [0.25, 0.3) is 22.6 Å². The zero-order valence-corrected chi connectivity index (χ0v) is 16.4. The Morgan fingerprint density at radius 1 is 0.966 bits per heavy atom. The van der Waals surface area contributed by atoms with Gasteiger partial charge in [-0.25, -0.2) is 4.98 Å². The van der Waals surface area contributed by atoms with Gasteiger partial charge in [0.2, 0.25) is 11.8 Å². The molecule has 2 aliphatic rings. The first-order valence-corrected chi connectivity index (χ1v) is 9.86. The first-order valence-electron chi connectivity index (χ1n) is 9.86. The van der Waals surface area contributed by atoms with E-state index in [2.05, 4.69) is 30.8 Å². The van der Waals surface area contributed by atoms with Gasteiger partial charge in [0.05, 0.1) is 24.6 Å². The zero-order valence-electron chi connectivity index (χ0n) is 16.4. The van der Waals surface area contributed by atoms with Crippen molar-refractivity contribution in [3.8, 4) is 34.4 Å². The van der Waals surface area contributed by atoms with Crippen molar-refractivity contribution in [1.29, 1.82) is 0 Å². The minimum atomic E-state index is 0.207. The first-order chi connectivity index (χ1) is 14.2. The number of methoxy groups -OCH3 is 1. The molecule has 9 heteroatoms. The van der Waals surface area contributed by atoms with Crippen molar-refractivity contribution in [3.63, 3.8) is 0 Å². The van der Waals surface area contributed by atoms with Crippen molar-refractivity contribution in [2.45, 2.75) is 43.9 Å². The number of rotatable bonds is 5. The molecule has 2 atom stereocenters. The minimum absolute atomic E-state index is 0.207. The second kappa shape index (κ2) is 7.40. The van der Waals surface area contributed by atoms with Gasteiger partial charge >= 0.3 is 0 Å². The predicted octanol–water partition coefficient (Wildman–Crippen LogP) is 2.00. The number of piperidine rings is 1. The maximum Gasteiger partial charge on any atom is 0.233 e. The van der Waals surface area contributed by atoms with E-state index in [1.807, 2.05) is 37.5 Å². The molecule has 2 saturated heterocycles. The maximum absolute atomic E-state index is 6.07. The Bertz CT molecular complexity index is 992. The normalized spacial score (nSPS) is 23.2. The van der Waals surface area contributed by atoms with Crippen LogP contribution in [0.2, 0.25) is 0 Å². The highest BCUT2D eigenvalue weighted by atomic mass is 16.5. The highest BCUT2D eigenvalue weighted by Gasteiger charge is 2.34. The van der Waals surface area contributed by atoms with E-state index >= 15 is 0 Å². The minimum Gasteiger partial charge on any atom is -0.480 e. The summed E-state index contributed by atoms with van der Waals surface area (Å²) in [5.41, 5.74) is 2.81. The lowest BCUT2D eigenvalue weighted by Gasteiger charge is -2.28. The van der Waals surface area contributed by atoms with Crippen molar-refractivity contribution in [3.05, 3.63) is 30.5 Å². The fourth-order valence-corrected chi connectivity index (χ4v) is 4.20. The number of hydrogen-bond acceptors (Lipinski definition) is 8. The summed E-state index contributed by atoms with van der Waals surface area (Å²) in [6.45, 7) is 0. The van der Waals surface area contributed by atoms with Gasteiger partial charge in [-0.1, -0.05) is 5.21 Å². The molecule has 1 N–H and O–H groups in total. The number of nitrogens with one attached hydrogen (secondary N) is 1. The van der Waals surface area contributed by atoms with Crippen LogP contribution in [0.1, 0.15) is 25.7 Å². The lowest BCUT2D eigenvalue weighted by Crippen LogP contribution is -2.42. The van der Waals surface area contributed by atoms with Crippen LogP contribution < -0.4 is 14.8 Å². The molecule has 5 heterocycles. The molecule has 150 valence electrons. The van der Waals surface area contributed by atoms with E-state index in [0.717, 1.165) is 18.4 Å². The molecule has 0 aromatic carbocycles. The Kier molecular flexibility index (Phi) is 4.59. The molecule has 2 unspecified atom stereocenters. The molecule has 29 heavy (non-hydrogen) atoms. The number of nitrogens with zero attached hydrogens (tertiary/aromatic N) is 6. The Balaban J connectivity index is 1.33. The predicted molar refractivity (Wildman–Crippen MR) is 105 cm³/mol. The molecule has 3 aromatic rings. The molecular formula is C20H23N7O2. The van der Waals surface area contributed by atoms with Crippen LogP contribution in [0.3, 0.4) is 0 Å². The molecule has 3 aromatic heterocycles. The van der Waals surface area contributed by atoms with E-state index in [1.54, 1.807) is 11.8 Å². The second-order valence-electron chi connectivity index (χ2n) is 7.64. The zero-order chi connectivity index (χ0) is 19.8. The lowest BCUT2D eigenvalue weighted by atomic mass is 10.0. The lowest BCUT2D eigenvalue weighted by molar-refractivity contribution is 0.130. The largest absolute Gasteiger partial charge is 0.480 e. The van der Waals surface area contributed by atoms with Gasteiger partial charge in [-0.15, -0.1) is 15.3 Å². The molecule has 0 saturated carbocycles. The molecule has 5 rings (SSSR count). The Morgan fingerprint density at radius 3 is 2.41 bits per heavy atom. The van der Waals surface area contributed by atoms with Gasteiger partial charge in [0, 0.05) is 25.2 Å². The van der Waals surface area contributed by atoms with Crippen LogP contribution in [0, 0.1) is 0 Å². The van der Waals surface area contributed by atoms with Gasteiger partial charge in [0.25, 0.3) is 0 Å². The number of fused-ring (bicyclic) bond motifs is 2. The van der Waals surface area contributed by atoms with Crippen molar-refractivity contribution in [1.82, 2.24) is 35.5 Å². The average Bonchev–Trinajstić information content (AvgIpc) is 3.32. The van der Waals surface area contributed by atoms with Crippen LogP contribution in [-0.4, -0.2) is 55.5 Å². The van der Waals surface area contributed by atoms with Gasteiger partial charge in [0.1, 0.15) is 17.5 Å². The van der Waals surface area contributed by atoms with Crippen molar-refractivity contribution >= 4 is 0 Å². The highest BCUT2D eigenvalue weighted by Crippen LogP contribution is 2.31. The Morgan fingerprint density at radius 2 is 1.76 bits per heavy atom. The summed E-state index contributed by atoms with van der Waals surface area (Å²) in [7, 11) is 3.40. The summed E-state index contributed by atoms with van der Waals surface area (Å²) < 4.78 is 13.2. The molecule has 0 radical (unpaired) electrons. The summed E-state index contributed by atoms with van der Waals surface area (Å²) in [6.07, 6.45) is 6.57. The third-order valence-corrected chi connectivity index (χ3v) is 5.55. The molecular weight excluding hydrogens is 370 g/mol. The molecule has 2 fully saturated rings. The monoisotopic (exact) mass is 393 g/mol. The van der Waals surface area contributed by atoms with Crippen LogP contribution in [0.5, 0.6) is 11.8 Å².